The van der Waals surface area contributed by atoms with E-state index in [1.165, 1.54) is 61.7 Å². The molecule has 0 aromatic heterocycles. The molecule has 0 aliphatic carbocycles. The summed E-state index contributed by atoms with van der Waals surface area (Å²) in [5.74, 6) is 2.84. The van der Waals surface area contributed by atoms with E-state index in [1.54, 1.807) is 0 Å². The Labute approximate surface area is 256 Å². The van der Waals surface area contributed by atoms with Gasteiger partial charge in [0.2, 0.25) is 0 Å². The Morgan fingerprint density at radius 3 is 1.31 bits per heavy atom. The standard InChI is InChI=1S/C40H52N2/c1-26(2)18-23-37(32-21-19-31(11)20-22-32)40-41(38-33(27(3)4)14-12-15-34(38)28(5)6)24-25-42(40)39-35(29(7)8)16-13-17-36(39)30(9)10/h12-22,24-25,27-30H,23H2,1-11H3. The van der Waals surface area contributed by atoms with Gasteiger partial charge < -0.3 is 9.80 Å². The number of nitrogens with zero attached hydrogens (tertiary/aromatic N) is 2. The molecule has 2 nitrogen and oxygen atoms in total. The highest BCUT2D eigenvalue weighted by Gasteiger charge is 2.33. The van der Waals surface area contributed by atoms with Crippen LogP contribution in [0.5, 0.6) is 0 Å². The first-order chi connectivity index (χ1) is 19.9. The van der Waals surface area contributed by atoms with Crippen LogP contribution >= 0.6 is 0 Å². The summed E-state index contributed by atoms with van der Waals surface area (Å²) in [5.41, 5.74) is 13.4. The van der Waals surface area contributed by atoms with E-state index >= 15 is 0 Å². The van der Waals surface area contributed by atoms with Gasteiger partial charge in [-0.1, -0.05) is 133 Å². The van der Waals surface area contributed by atoms with Crippen molar-refractivity contribution in [3.8, 4) is 0 Å². The number of hydrogen-bond donors (Lipinski definition) is 0. The normalized spacial score (nSPS) is 13.4. The van der Waals surface area contributed by atoms with E-state index in [0.29, 0.717) is 23.7 Å². The molecule has 0 saturated heterocycles. The molecule has 1 aliphatic heterocycles. The summed E-state index contributed by atoms with van der Waals surface area (Å²) in [4.78, 5) is 5.03. The first-order valence-electron chi connectivity index (χ1n) is 15.9. The molecule has 1 aliphatic rings. The van der Waals surface area contributed by atoms with Crippen molar-refractivity contribution in [2.75, 3.05) is 9.80 Å². The Bertz CT molecular complexity index is 1350. The van der Waals surface area contributed by atoms with E-state index < -0.39 is 0 Å². The van der Waals surface area contributed by atoms with Gasteiger partial charge in [0.25, 0.3) is 0 Å². The van der Waals surface area contributed by atoms with Gasteiger partial charge in [0.1, 0.15) is 5.82 Å². The minimum Gasteiger partial charge on any atom is -0.301 e. The van der Waals surface area contributed by atoms with Crippen LogP contribution in [0.15, 0.2) is 90.5 Å². The fraction of sp³-hybridized carbons (Fsp3) is 0.400. The highest BCUT2D eigenvalue weighted by atomic mass is 15.4. The molecule has 0 bridgehead atoms. The predicted molar refractivity (Wildman–Crippen MR) is 185 cm³/mol. The number of para-hydroxylation sites is 2. The Balaban J connectivity index is 2.15. The van der Waals surface area contributed by atoms with Crippen LogP contribution < -0.4 is 9.80 Å². The number of rotatable bonds is 9. The van der Waals surface area contributed by atoms with Gasteiger partial charge in [-0.2, -0.15) is 0 Å². The molecule has 222 valence electrons. The molecule has 0 saturated carbocycles. The first-order valence-corrected chi connectivity index (χ1v) is 15.9. The maximum Gasteiger partial charge on any atom is 0.126 e. The molecule has 3 aromatic carbocycles. The third-order valence-electron chi connectivity index (χ3n) is 8.37. The van der Waals surface area contributed by atoms with Crippen LogP contribution in [0.4, 0.5) is 11.4 Å². The van der Waals surface area contributed by atoms with Crippen molar-refractivity contribution < 1.29 is 0 Å². The Morgan fingerprint density at radius 2 is 0.976 bits per heavy atom. The summed E-state index contributed by atoms with van der Waals surface area (Å²) in [6.45, 7) is 25.1. The van der Waals surface area contributed by atoms with Gasteiger partial charge in [0, 0.05) is 18.0 Å². The number of hydrogen-bond acceptors (Lipinski definition) is 2. The molecule has 0 unspecified atom stereocenters. The van der Waals surface area contributed by atoms with E-state index in [4.69, 9.17) is 0 Å². The van der Waals surface area contributed by atoms with E-state index in [1.807, 2.05) is 0 Å². The summed E-state index contributed by atoms with van der Waals surface area (Å²) in [6, 6.07) is 22.9. The van der Waals surface area contributed by atoms with Crippen LogP contribution in [0, 0.1) is 6.92 Å². The largest absolute Gasteiger partial charge is 0.301 e. The fourth-order valence-corrected chi connectivity index (χ4v) is 6.02. The monoisotopic (exact) mass is 560 g/mol. The minimum atomic E-state index is 0.400. The van der Waals surface area contributed by atoms with Gasteiger partial charge in [0.05, 0.1) is 11.4 Å². The zero-order valence-corrected chi connectivity index (χ0v) is 27.9. The van der Waals surface area contributed by atoms with E-state index in [-0.39, 0.29) is 0 Å². The molecule has 0 amide bonds. The van der Waals surface area contributed by atoms with Crippen molar-refractivity contribution in [2.45, 2.75) is 106 Å². The summed E-state index contributed by atoms with van der Waals surface area (Å²) >= 11 is 0. The molecule has 3 aromatic rings. The average molecular weight is 561 g/mol. The molecule has 4 rings (SSSR count). The van der Waals surface area contributed by atoms with Crippen LogP contribution in [-0.2, 0) is 0 Å². The minimum absolute atomic E-state index is 0.400. The number of allylic oxidation sites excluding steroid dienone is 3. The van der Waals surface area contributed by atoms with Gasteiger partial charge in [-0.25, -0.2) is 0 Å². The lowest BCUT2D eigenvalue weighted by Gasteiger charge is -2.35. The van der Waals surface area contributed by atoms with Crippen LogP contribution in [0.3, 0.4) is 0 Å². The molecule has 1 heterocycles. The molecular formula is C40H52N2. The smallest absolute Gasteiger partial charge is 0.126 e. The van der Waals surface area contributed by atoms with E-state index in [9.17, 15) is 0 Å². The SMILES string of the molecule is CC(C)=CCC(=C1N(c2c(C(C)C)cccc2C(C)C)C=CN1c1c(C(C)C)cccc1C(C)C)c1ccc(C)cc1. The van der Waals surface area contributed by atoms with Crippen LogP contribution in [0.1, 0.15) is 133 Å². The van der Waals surface area contributed by atoms with Gasteiger partial charge in [0.15, 0.2) is 0 Å². The number of anilines is 2. The molecule has 2 heteroatoms. The predicted octanol–water partition coefficient (Wildman–Crippen LogP) is 12.0. The molecule has 0 radical (unpaired) electrons. The third-order valence-corrected chi connectivity index (χ3v) is 8.37. The molecule has 0 fully saturated rings. The van der Waals surface area contributed by atoms with Gasteiger partial charge in [-0.05, 0) is 78.7 Å². The van der Waals surface area contributed by atoms with Crippen molar-refractivity contribution >= 4 is 16.9 Å². The van der Waals surface area contributed by atoms with Gasteiger partial charge >= 0.3 is 0 Å². The van der Waals surface area contributed by atoms with Crippen molar-refractivity contribution in [3.05, 3.63) is 124 Å². The lowest BCUT2D eigenvalue weighted by atomic mass is 9.90. The van der Waals surface area contributed by atoms with E-state index in [2.05, 4.69) is 165 Å². The highest BCUT2D eigenvalue weighted by molar-refractivity contribution is 5.86. The zero-order valence-electron chi connectivity index (χ0n) is 27.9. The average Bonchev–Trinajstić information content (AvgIpc) is 3.36. The summed E-state index contributed by atoms with van der Waals surface area (Å²) in [7, 11) is 0. The fourth-order valence-electron chi connectivity index (χ4n) is 6.02. The summed E-state index contributed by atoms with van der Waals surface area (Å²) in [6.07, 6.45) is 7.88. The molecular weight excluding hydrogens is 508 g/mol. The molecule has 0 N–H and O–H groups in total. The third kappa shape index (κ3) is 6.43. The van der Waals surface area contributed by atoms with Crippen LogP contribution in [-0.4, -0.2) is 0 Å². The second-order valence-corrected chi connectivity index (χ2v) is 13.4. The van der Waals surface area contributed by atoms with E-state index in [0.717, 1.165) is 6.42 Å². The maximum absolute atomic E-state index is 2.51. The van der Waals surface area contributed by atoms with Crippen LogP contribution in [0.25, 0.3) is 5.57 Å². The number of benzene rings is 3. The Kier molecular flexibility index (Phi) is 9.87. The summed E-state index contributed by atoms with van der Waals surface area (Å²) < 4.78 is 0. The summed E-state index contributed by atoms with van der Waals surface area (Å²) in [5, 5.41) is 0. The molecule has 0 atom stereocenters. The number of aryl methyl sites for hydroxylation is 1. The zero-order chi connectivity index (χ0) is 30.7. The second kappa shape index (κ2) is 13.2. The maximum atomic E-state index is 2.51. The van der Waals surface area contributed by atoms with Gasteiger partial charge in [-0.15, -0.1) is 0 Å². The van der Waals surface area contributed by atoms with Crippen molar-refractivity contribution in [3.63, 3.8) is 0 Å². The highest BCUT2D eigenvalue weighted by Crippen LogP contribution is 2.47. The van der Waals surface area contributed by atoms with Crippen molar-refractivity contribution in [1.29, 1.82) is 0 Å². The Morgan fingerprint density at radius 1 is 0.595 bits per heavy atom. The lowest BCUT2D eigenvalue weighted by molar-refractivity contribution is 0.820. The topological polar surface area (TPSA) is 6.48 Å². The van der Waals surface area contributed by atoms with Crippen molar-refractivity contribution in [2.24, 2.45) is 0 Å². The second-order valence-electron chi connectivity index (χ2n) is 13.4. The Hall–Kier alpha value is -3.52. The van der Waals surface area contributed by atoms with Crippen molar-refractivity contribution in [1.82, 2.24) is 0 Å². The van der Waals surface area contributed by atoms with Crippen LogP contribution in [0.2, 0.25) is 0 Å². The molecule has 42 heavy (non-hydrogen) atoms. The molecule has 0 spiro atoms. The van der Waals surface area contributed by atoms with Gasteiger partial charge in [-0.3, -0.25) is 0 Å². The lowest BCUT2D eigenvalue weighted by Crippen LogP contribution is -2.28. The quantitative estimate of drug-likeness (QED) is 0.240. The first kappa shape index (κ1) is 31.4.